The van der Waals surface area contributed by atoms with Crippen LogP contribution in [0.2, 0.25) is 0 Å². The first-order chi connectivity index (χ1) is 9.23. The predicted octanol–water partition coefficient (Wildman–Crippen LogP) is 3.99. The first-order valence-electron chi connectivity index (χ1n) is 7.66. The van der Waals surface area contributed by atoms with E-state index in [0.717, 1.165) is 13.2 Å². The molecule has 1 atom stereocenters. The van der Waals surface area contributed by atoms with Crippen LogP contribution >= 0.6 is 0 Å². The summed E-state index contributed by atoms with van der Waals surface area (Å²) in [7, 11) is 0. The Bertz CT molecular complexity index is 396. The van der Waals surface area contributed by atoms with Crippen molar-refractivity contribution in [1.29, 1.82) is 0 Å². The molecule has 0 heterocycles. The van der Waals surface area contributed by atoms with Gasteiger partial charge in [0.15, 0.2) is 0 Å². The van der Waals surface area contributed by atoms with E-state index in [9.17, 15) is 0 Å². The van der Waals surface area contributed by atoms with E-state index in [0.29, 0.717) is 6.04 Å². The van der Waals surface area contributed by atoms with Crippen LogP contribution in [0.1, 0.15) is 56.7 Å². The van der Waals surface area contributed by atoms with Gasteiger partial charge in [-0.05, 0) is 44.4 Å². The zero-order valence-electron chi connectivity index (χ0n) is 12.5. The second-order valence-electron chi connectivity index (χ2n) is 5.55. The Balaban J connectivity index is 2.35. The Labute approximate surface area is 117 Å². The van der Waals surface area contributed by atoms with Crippen LogP contribution in [-0.4, -0.2) is 18.8 Å². The number of aryl methyl sites for hydroxylation is 1. The standard InChI is InChI=1S/C17H27NO/c1-4-18-16(15-11-7-6-10-14(15)3)17(19-5-2)12-8-9-13-17/h6-7,10-11,16,18H,4-5,8-9,12-13H2,1-3H3. The van der Waals surface area contributed by atoms with Crippen LogP contribution in [0.15, 0.2) is 24.3 Å². The van der Waals surface area contributed by atoms with Gasteiger partial charge >= 0.3 is 0 Å². The number of ether oxygens (including phenoxy) is 1. The van der Waals surface area contributed by atoms with Gasteiger partial charge in [0.1, 0.15) is 0 Å². The lowest BCUT2D eigenvalue weighted by Crippen LogP contribution is -2.44. The van der Waals surface area contributed by atoms with E-state index < -0.39 is 0 Å². The van der Waals surface area contributed by atoms with Crippen molar-refractivity contribution in [3.8, 4) is 0 Å². The van der Waals surface area contributed by atoms with Crippen molar-refractivity contribution in [2.24, 2.45) is 0 Å². The van der Waals surface area contributed by atoms with Gasteiger partial charge in [-0.25, -0.2) is 0 Å². The summed E-state index contributed by atoms with van der Waals surface area (Å²) < 4.78 is 6.25. The fraction of sp³-hybridized carbons (Fsp3) is 0.647. The van der Waals surface area contributed by atoms with Crippen molar-refractivity contribution in [2.45, 2.75) is 58.1 Å². The molecule has 0 aliphatic heterocycles. The van der Waals surface area contributed by atoms with Crippen molar-refractivity contribution in [3.05, 3.63) is 35.4 Å². The molecule has 19 heavy (non-hydrogen) atoms. The monoisotopic (exact) mass is 261 g/mol. The second kappa shape index (κ2) is 6.53. The number of likely N-dealkylation sites (N-methyl/N-ethyl adjacent to an activating group) is 1. The maximum absolute atomic E-state index is 6.25. The normalized spacial score (nSPS) is 19.5. The van der Waals surface area contributed by atoms with E-state index in [4.69, 9.17) is 4.74 Å². The molecule has 0 bridgehead atoms. The molecule has 1 saturated carbocycles. The highest BCUT2D eigenvalue weighted by Gasteiger charge is 2.42. The zero-order chi connectivity index (χ0) is 13.7. The Hall–Kier alpha value is -0.860. The maximum atomic E-state index is 6.25. The predicted molar refractivity (Wildman–Crippen MR) is 80.4 cm³/mol. The van der Waals surface area contributed by atoms with E-state index in [1.165, 1.54) is 36.8 Å². The van der Waals surface area contributed by atoms with Gasteiger partial charge in [-0.1, -0.05) is 44.0 Å². The highest BCUT2D eigenvalue weighted by Crippen LogP contribution is 2.43. The highest BCUT2D eigenvalue weighted by atomic mass is 16.5. The third-order valence-corrected chi connectivity index (χ3v) is 4.32. The minimum atomic E-state index is -0.00310. The minimum Gasteiger partial charge on any atom is -0.373 e. The molecule has 1 aromatic carbocycles. The number of rotatable bonds is 6. The van der Waals surface area contributed by atoms with Gasteiger partial charge in [0.25, 0.3) is 0 Å². The summed E-state index contributed by atoms with van der Waals surface area (Å²) >= 11 is 0. The van der Waals surface area contributed by atoms with E-state index in [1.54, 1.807) is 0 Å². The Morgan fingerprint density at radius 3 is 2.47 bits per heavy atom. The Morgan fingerprint density at radius 1 is 1.21 bits per heavy atom. The summed E-state index contributed by atoms with van der Waals surface area (Å²) in [6.07, 6.45) is 4.92. The van der Waals surface area contributed by atoms with Crippen LogP contribution in [-0.2, 0) is 4.74 Å². The number of nitrogens with one attached hydrogen (secondary N) is 1. The molecular weight excluding hydrogens is 234 g/mol. The molecule has 2 heteroatoms. The van der Waals surface area contributed by atoms with Gasteiger partial charge in [0.05, 0.1) is 11.6 Å². The fourth-order valence-electron chi connectivity index (χ4n) is 3.47. The lowest BCUT2D eigenvalue weighted by atomic mass is 9.84. The Morgan fingerprint density at radius 2 is 1.89 bits per heavy atom. The molecule has 0 aromatic heterocycles. The third-order valence-electron chi connectivity index (χ3n) is 4.32. The lowest BCUT2D eigenvalue weighted by Gasteiger charge is -2.39. The number of hydrogen-bond donors (Lipinski definition) is 1. The van der Waals surface area contributed by atoms with Gasteiger partial charge in [-0.3, -0.25) is 0 Å². The molecule has 0 spiro atoms. The first-order valence-corrected chi connectivity index (χ1v) is 7.66. The third kappa shape index (κ3) is 3.01. The molecule has 1 unspecified atom stereocenters. The summed E-state index contributed by atoms with van der Waals surface area (Å²) in [5.74, 6) is 0. The summed E-state index contributed by atoms with van der Waals surface area (Å²) in [6, 6.07) is 9.03. The van der Waals surface area contributed by atoms with Crippen molar-refractivity contribution < 1.29 is 4.74 Å². The molecule has 2 nitrogen and oxygen atoms in total. The van der Waals surface area contributed by atoms with Crippen LogP contribution in [0.5, 0.6) is 0 Å². The average Bonchev–Trinajstić information content (AvgIpc) is 2.87. The molecule has 0 saturated heterocycles. The lowest BCUT2D eigenvalue weighted by molar-refractivity contribution is -0.0624. The molecule has 1 aliphatic carbocycles. The van der Waals surface area contributed by atoms with E-state index in [2.05, 4.69) is 50.4 Å². The van der Waals surface area contributed by atoms with Crippen LogP contribution in [0.3, 0.4) is 0 Å². The molecule has 2 rings (SSSR count). The Kier molecular flexibility index (Phi) is 5.00. The van der Waals surface area contributed by atoms with Crippen molar-refractivity contribution >= 4 is 0 Å². The quantitative estimate of drug-likeness (QED) is 0.836. The van der Waals surface area contributed by atoms with Crippen molar-refractivity contribution in [3.63, 3.8) is 0 Å². The fourth-order valence-corrected chi connectivity index (χ4v) is 3.47. The van der Waals surface area contributed by atoms with Crippen LogP contribution < -0.4 is 5.32 Å². The minimum absolute atomic E-state index is 0.00310. The smallest absolute Gasteiger partial charge is 0.0876 e. The molecule has 1 aliphatic rings. The van der Waals surface area contributed by atoms with E-state index in [-0.39, 0.29) is 5.60 Å². The highest BCUT2D eigenvalue weighted by molar-refractivity contribution is 5.31. The molecule has 1 N–H and O–H groups in total. The first kappa shape index (κ1) is 14.5. The van der Waals surface area contributed by atoms with Crippen LogP contribution in [0.4, 0.5) is 0 Å². The maximum Gasteiger partial charge on any atom is 0.0876 e. The largest absolute Gasteiger partial charge is 0.373 e. The van der Waals surface area contributed by atoms with Gasteiger partial charge in [0.2, 0.25) is 0 Å². The molecule has 106 valence electrons. The zero-order valence-corrected chi connectivity index (χ0v) is 12.5. The molecule has 0 amide bonds. The number of hydrogen-bond acceptors (Lipinski definition) is 2. The van der Waals surface area contributed by atoms with Crippen molar-refractivity contribution in [1.82, 2.24) is 5.32 Å². The van der Waals surface area contributed by atoms with Gasteiger partial charge in [-0.15, -0.1) is 0 Å². The van der Waals surface area contributed by atoms with Gasteiger partial charge < -0.3 is 10.1 Å². The summed E-state index contributed by atoms with van der Waals surface area (Å²) in [5, 5.41) is 3.68. The summed E-state index contributed by atoms with van der Waals surface area (Å²) in [4.78, 5) is 0. The van der Waals surface area contributed by atoms with Crippen LogP contribution in [0.25, 0.3) is 0 Å². The molecular formula is C17H27NO. The number of benzene rings is 1. The average molecular weight is 261 g/mol. The molecule has 0 radical (unpaired) electrons. The summed E-state index contributed by atoms with van der Waals surface area (Å²) in [5.41, 5.74) is 2.76. The van der Waals surface area contributed by atoms with Crippen molar-refractivity contribution in [2.75, 3.05) is 13.2 Å². The van der Waals surface area contributed by atoms with E-state index in [1.807, 2.05) is 0 Å². The SMILES string of the molecule is CCNC(c1ccccc1C)C1(OCC)CCCC1. The second-order valence-corrected chi connectivity index (χ2v) is 5.55. The van der Waals surface area contributed by atoms with Crippen LogP contribution in [0, 0.1) is 6.92 Å². The van der Waals surface area contributed by atoms with Gasteiger partial charge in [-0.2, -0.15) is 0 Å². The van der Waals surface area contributed by atoms with Gasteiger partial charge in [0, 0.05) is 6.61 Å². The van der Waals surface area contributed by atoms with E-state index >= 15 is 0 Å². The topological polar surface area (TPSA) is 21.3 Å². The summed E-state index contributed by atoms with van der Waals surface area (Å²) in [6.45, 7) is 8.27. The molecule has 1 fully saturated rings. The molecule has 1 aromatic rings.